The molecule has 2 aliphatic rings. The van der Waals surface area contributed by atoms with E-state index in [1.807, 2.05) is 0 Å². The van der Waals surface area contributed by atoms with Crippen molar-refractivity contribution in [1.82, 2.24) is 0 Å². The van der Waals surface area contributed by atoms with Gasteiger partial charge in [0.2, 0.25) is 0 Å². The first-order valence-electron chi connectivity index (χ1n) is 9.77. The molecule has 0 heteroatoms. The first kappa shape index (κ1) is 16.1. The van der Waals surface area contributed by atoms with Gasteiger partial charge in [-0.2, -0.15) is 0 Å². The van der Waals surface area contributed by atoms with Crippen molar-refractivity contribution in [2.75, 3.05) is 0 Å². The molecule has 1 aromatic rings. The van der Waals surface area contributed by atoms with Gasteiger partial charge < -0.3 is 0 Å². The molecule has 2 atom stereocenters. The van der Waals surface area contributed by atoms with Crippen LogP contribution in [0.1, 0.15) is 88.3 Å². The van der Waals surface area contributed by atoms with Crippen LogP contribution in [0.3, 0.4) is 0 Å². The van der Waals surface area contributed by atoms with Crippen molar-refractivity contribution in [3.63, 3.8) is 0 Å². The van der Waals surface area contributed by atoms with E-state index in [-0.39, 0.29) is 0 Å². The summed E-state index contributed by atoms with van der Waals surface area (Å²) in [6, 6.07) is 7.52. The van der Waals surface area contributed by atoms with Crippen LogP contribution in [0, 0.1) is 17.8 Å². The summed E-state index contributed by atoms with van der Waals surface area (Å²) in [5, 5.41) is 0. The molecule has 2 unspecified atom stereocenters. The topological polar surface area (TPSA) is 0 Å². The highest BCUT2D eigenvalue weighted by Gasteiger charge is 2.23. The number of rotatable bonds is 4. The molecular formula is C22H34. The molecular weight excluding hydrogens is 264 g/mol. The van der Waals surface area contributed by atoms with E-state index in [1.165, 1.54) is 57.8 Å². The second kappa shape index (κ2) is 7.20. The number of aryl methyl sites for hydroxylation is 1. The van der Waals surface area contributed by atoms with Crippen molar-refractivity contribution in [2.45, 2.75) is 84.5 Å². The summed E-state index contributed by atoms with van der Waals surface area (Å²) in [6.45, 7) is 7.17. The Bertz CT molecular complexity index is 479. The fourth-order valence-corrected chi connectivity index (χ4v) is 4.63. The van der Waals surface area contributed by atoms with Gasteiger partial charge >= 0.3 is 0 Å². The van der Waals surface area contributed by atoms with Crippen LogP contribution in [-0.2, 0) is 12.8 Å². The molecule has 0 saturated heterocycles. The van der Waals surface area contributed by atoms with Gasteiger partial charge in [0.1, 0.15) is 0 Å². The van der Waals surface area contributed by atoms with Crippen molar-refractivity contribution in [3.8, 4) is 0 Å². The zero-order chi connectivity index (χ0) is 15.5. The molecule has 0 N–H and O–H groups in total. The van der Waals surface area contributed by atoms with Gasteiger partial charge in [-0.25, -0.2) is 0 Å². The Hall–Kier alpha value is -0.780. The lowest BCUT2D eigenvalue weighted by Crippen LogP contribution is -2.17. The van der Waals surface area contributed by atoms with Crippen molar-refractivity contribution < 1.29 is 0 Å². The van der Waals surface area contributed by atoms with Crippen LogP contribution in [0.15, 0.2) is 18.2 Å². The van der Waals surface area contributed by atoms with Crippen LogP contribution in [-0.4, -0.2) is 0 Å². The van der Waals surface area contributed by atoms with Crippen molar-refractivity contribution in [1.29, 1.82) is 0 Å². The Kier molecular flexibility index (Phi) is 5.26. The first-order chi connectivity index (χ1) is 10.7. The Labute approximate surface area is 137 Å². The van der Waals surface area contributed by atoms with Gasteiger partial charge in [0.15, 0.2) is 0 Å². The molecule has 3 rings (SSSR count). The average molecular weight is 299 g/mol. The first-order valence-corrected chi connectivity index (χ1v) is 9.77. The van der Waals surface area contributed by atoms with Crippen LogP contribution in [0.5, 0.6) is 0 Å². The molecule has 0 spiro atoms. The van der Waals surface area contributed by atoms with E-state index in [9.17, 15) is 0 Å². The molecule has 0 heterocycles. The number of benzene rings is 1. The minimum absolute atomic E-state index is 0.847. The van der Waals surface area contributed by atoms with Gasteiger partial charge in [-0.05, 0) is 78.9 Å². The summed E-state index contributed by atoms with van der Waals surface area (Å²) < 4.78 is 0. The van der Waals surface area contributed by atoms with Crippen LogP contribution in [0.2, 0.25) is 0 Å². The number of hydrogen-bond donors (Lipinski definition) is 0. The molecule has 122 valence electrons. The fourth-order valence-electron chi connectivity index (χ4n) is 4.63. The fraction of sp³-hybridized carbons (Fsp3) is 0.727. The molecule has 1 saturated carbocycles. The Morgan fingerprint density at radius 1 is 1.05 bits per heavy atom. The minimum Gasteiger partial charge on any atom is -0.0651 e. The van der Waals surface area contributed by atoms with E-state index in [0.717, 1.165) is 23.7 Å². The summed E-state index contributed by atoms with van der Waals surface area (Å²) in [4.78, 5) is 0. The number of fused-ring (bicyclic) bond motifs is 1. The van der Waals surface area contributed by atoms with Crippen LogP contribution in [0.4, 0.5) is 0 Å². The van der Waals surface area contributed by atoms with E-state index in [1.54, 1.807) is 16.7 Å². The van der Waals surface area contributed by atoms with Crippen LogP contribution < -0.4 is 0 Å². The SMILES string of the molecule is CCC(C)CC1CCc2cc([C@H]3CC[C@H](C)CC3)ccc2C1. The van der Waals surface area contributed by atoms with Gasteiger partial charge in [0, 0.05) is 0 Å². The monoisotopic (exact) mass is 298 g/mol. The normalized spacial score (nSPS) is 29.9. The van der Waals surface area contributed by atoms with Gasteiger partial charge in [-0.1, -0.05) is 58.2 Å². The summed E-state index contributed by atoms with van der Waals surface area (Å²) in [5.74, 6) is 3.63. The number of hydrogen-bond acceptors (Lipinski definition) is 0. The van der Waals surface area contributed by atoms with E-state index in [0.29, 0.717) is 0 Å². The third kappa shape index (κ3) is 3.76. The van der Waals surface area contributed by atoms with Crippen LogP contribution >= 0.6 is 0 Å². The van der Waals surface area contributed by atoms with Crippen molar-refractivity contribution in [2.24, 2.45) is 17.8 Å². The van der Waals surface area contributed by atoms with Gasteiger partial charge in [0.25, 0.3) is 0 Å². The maximum atomic E-state index is 2.58. The molecule has 22 heavy (non-hydrogen) atoms. The highest BCUT2D eigenvalue weighted by molar-refractivity contribution is 5.36. The predicted octanol–water partition coefficient (Wildman–Crippen LogP) is 6.52. The highest BCUT2D eigenvalue weighted by Crippen LogP contribution is 2.38. The van der Waals surface area contributed by atoms with E-state index in [2.05, 4.69) is 39.0 Å². The lowest BCUT2D eigenvalue weighted by Gasteiger charge is -2.30. The van der Waals surface area contributed by atoms with Crippen molar-refractivity contribution in [3.05, 3.63) is 34.9 Å². The summed E-state index contributed by atoms with van der Waals surface area (Å²) in [5.41, 5.74) is 4.98. The highest BCUT2D eigenvalue weighted by atomic mass is 14.3. The Balaban J connectivity index is 1.65. The van der Waals surface area contributed by atoms with Gasteiger partial charge in [-0.15, -0.1) is 0 Å². The third-order valence-electron chi connectivity index (χ3n) is 6.48. The molecule has 0 nitrogen and oxygen atoms in total. The standard InChI is InChI=1S/C22H34/c1-4-16(2)13-18-7-10-22-15-21(12-11-20(22)14-18)19-8-5-17(3)6-9-19/h11-12,15-19H,4-10,13-14H2,1-3H3/t16?,17-,18?,19-. The van der Waals surface area contributed by atoms with E-state index >= 15 is 0 Å². The lowest BCUT2D eigenvalue weighted by atomic mass is 9.76. The minimum atomic E-state index is 0.847. The smallest absolute Gasteiger partial charge is 0.0162 e. The maximum absolute atomic E-state index is 2.58. The largest absolute Gasteiger partial charge is 0.0651 e. The Morgan fingerprint density at radius 3 is 2.55 bits per heavy atom. The van der Waals surface area contributed by atoms with Crippen molar-refractivity contribution >= 4 is 0 Å². The Morgan fingerprint density at radius 2 is 1.82 bits per heavy atom. The molecule has 1 fully saturated rings. The second-order valence-corrected chi connectivity index (χ2v) is 8.34. The molecule has 0 aliphatic heterocycles. The summed E-state index contributed by atoms with van der Waals surface area (Å²) >= 11 is 0. The third-order valence-corrected chi connectivity index (χ3v) is 6.48. The maximum Gasteiger partial charge on any atom is -0.0162 e. The van der Waals surface area contributed by atoms with Gasteiger partial charge in [-0.3, -0.25) is 0 Å². The molecule has 0 aromatic heterocycles. The average Bonchev–Trinajstić information content (AvgIpc) is 2.55. The van der Waals surface area contributed by atoms with E-state index < -0.39 is 0 Å². The predicted molar refractivity (Wildman–Crippen MR) is 96.4 cm³/mol. The van der Waals surface area contributed by atoms with Gasteiger partial charge in [0.05, 0.1) is 0 Å². The second-order valence-electron chi connectivity index (χ2n) is 8.34. The lowest BCUT2D eigenvalue weighted by molar-refractivity contribution is 0.344. The molecule has 1 aromatic carbocycles. The summed E-state index contributed by atoms with van der Waals surface area (Å²) in [6.07, 6.45) is 12.5. The molecule has 0 radical (unpaired) electrons. The van der Waals surface area contributed by atoms with E-state index in [4.69, 9.17) is 0 Å². The molecule has 0 amide bonds. The molecule has 0 bridgehead atoms. The van der Waals surface area contributed by atoms with Crippen LogP contribution in [0.25, 0.3) is 0 Å². The quantitative estimate of drug-likeness (QED) is 0.593. The summed E-state index contributed by atoms with van der Waals surface area (Å²) in [7, 11) is 0. The zero-order valence-corrected chi connectivity index (χ0v) is 14.9. The molecule has 2 aliphatic carbocycles. The zero-order valence-electron chi connectivity index (χ0n) is 14.9.